The minimum atomic E-state index is -0.310. The molecule has 1 N–H and O–H groups in total. The van der Waals surface area contributed by atoms with Crippen LogP contribution in [0.2, 0.25) is 0 Å². The number of hydrogen-bond acceptors (Lipinski definition) is 5. The molecule has 3 aromatic rings. The van der Waals surface area contributed by atoms with E-state index >= 15 is 0 Å². The van der Waals surface area contributed by atoms with Crippen molar-refractivity contribution >= 4 is 23.0 Å². The van der Waals surface area contributed by atoms with Crippen LogP contribution >= 0.6 is 0 Å². The van der Waals surface area contributed by atoms with Gasteiger partial charge in [0, 0.05) is 12.6 Å². The van der Waals surface area contributed by atoms with E-state index in [2.05, 4.69) is 5.32 Å². The molecule has 2 aromatic carbocycles. The summed E-state index contributed by atoms with van der Waals surface area (Å²) in [6.07, 6.45) is 4.12. The normalized spacial score (nSPS) is 12.6. The molecule has 4 rings (SSSR count). The first-order valence-electron chi connectivity index (χ1n) is 8.06. The van der Waals surface area contributed by atoms with Crippen molar-refractivity contribution < 1.29 is 18.7 Å². The lowest BCUT2D eigenvalue weighted by Crippen LogP contribution is -2.20. The number of para-hydroxylation sites is 1. The number of ether oxygens (including phenoxy) is 2. The first-order chi connectivity index (χ1) is 12.7. The van der Waals surface area contributed by atoms with Crippen molar-refractivity contribution in [2.75, 3.05) is 6.79 Å². The molecule has 0 saturated heterocycles. The van der Waals surface area contributed by atoms with Gasteiger partial charge in [0.15, 0.2) is 16.9 Å². The van der Waals surface area contributed by atoms with E-state index in [0.29, 0.717) is 34.6 Å². The second-order valence-electron chi connectivity index (χ2n) is 5.76. The summed E-state index contributed by atoms with van der Waals surface area (Å²) in [7, 11) is 0. The molecule has 6 heteroatoms. The molecule has 26 heavy (non-hydrogen) atoms. The maximum absolute atomic E-state index is 12.4. The topological polar surface area (TPSA) is 77.8 Å². The first-order valence-corrected chi connectivity index (χ1v) is 8.06. The molecule has 0 atom stereocenters. The summed E-state index contributed by atoms with van der Waals surface area (Å²) in [5.41, 5.74) is 1.55. The third kappa shape index (κ3) is 3.17. The fourth-order valence-electron chi connectivity index (χ4n) is 2.67. The quantitative estimate of drug-likeness (QED) is 0.733. The Kier molecular flexibility index (Phi) is 4.15. The molecular formula is C20H15NO5. The lowest BCUT2D eigenvalue weighted by atomic mass is 10.1. The molecule has 0 fully saturated rings. The molecule has 0 radical (unpaired) electrons. The molecule has 2 heterocycles. The van der Waals surface area contributed by atoms with Crippen LogP contribution in [0.5, 0.6) is 11.5 Å². The second-order valence-corrected chi connectivity index (χ2v) is 5.76. The van der Waals surface area contributed by atoms with Crippen molar-refractivity contribution in [2.45, 2.75) is 6.54 Å². The number of rotatable bonds is 4. The van der Waals surface area contributed by atoms with Crippen LogP contribution in [0, 0.1) is 0 Å². The van der Waals surface area contributed by atoms with Gasteiger partial charge in [0.25, 0.3) is 0 Å². The number of benzene rings is 2. The highest BCUT2D eigenvalue weighted by Gasteiger charge is 2.13. The molecule has 0 spiro atoms. The molecule has 0 bridgehead atoms. The number of fused-ring (bicyclic) bond motifs is 2. The minimum Gasteiger partial charge on any atom is -0.463 e. The SMILES string of the molecule is O=C(/C=C/c1coc2ccccc2c1=O)NCc1ccc2c(c1)OCO2. The van der Waals surface area contributed by atoms with Crippen molar-refractivity contribution in [1.82, 2.24) is 5.32 Å². The smallest absolute Gasteiger partial charge is 0.244 e. The molecule has 1 aliphatic rings. The number of amides is 1. The predicted molar refractivity (Wildman–Crippen MR) is 95.9 cm³/mol. The van der Waals surface area contributed by atoms with Gasteiger partial charge >= 0.3 is 0 Å². The van der Waals surface area contributed by atoms with E-state index in [4.69, 9.17) is 13.9 Å². The van der Waals surface area contributed by atoms with Gasteiger partial charge in [-0.05, 0) is 35.9 Å². The Morgan fingerprint density at radius 3 is 2.88 bits per heavy atom. The average Bonchev–Trinajstić information content (AvgIpc) is 3.14. The molecule has 1 amide bonds. The van der Waals surface area contributed by atoms with E-state index in [9.17, 15) is 9.59 Å². The molecule has 6 nitrogen and oxygen atoms in total. The van der Waals surface area contributed by atoms with Gasteiger partial charge in [-0.1, -0.05) is 18.2 Å². The minimum absolute atomic E-state index is 0.174. The third-order valence-corrected chi connectivity index (χ3v) is 4.02. The summed E-state index contributed by atoms with van der Waals surface area (Å²) in [5.74, 6) is 1.05. The predicted octanol–water partition coefficient (Wildman–Crippen LogP) is 2.85. The van der Waals surface area contributed by atoms with E-state index < -0.39 is 0 Å². The Labute approximate surface area is 148 Å². The lowest BCUT2D eigenvalue weighted by Gasteiger charge is -2.04. The van der Waals surface area contributed by atoms with Crippen LogP contribution in [-0.4, -0.2) is 12.7 Å². The van der Waals surface area contributed by atoms with E-state index in [1.165, 1.54) is 18.4 Å². The highest BCUT2D eigenvalue weighted by molar-refractivity contribution is 5.92. The molecule has 0 unspecified atom stereocenters. The van der Waals surface area contributed by atoms with Gasteiger partial charge in [-0.3, -0.25) is 9.59 Å². The van der Waals surface area contributed by atoms with E-state index in [1.54, 1.807) is 30.3 Å². The maximum atomic E-state index is 12.4. The van der Waals surface area contributed by atoms with Gasteiger partial charge in [-0.15, -0.1) is 0 Å². The van der Waals surface area contributed by atoms with Crippen LogP contribution in [0.15, 0.2) is 64.0 Å². The zero-order valence-electron chi connectivity index (χ0n) is 13.7. The van der Waals surface area contributed by atoms with Crippen molar-refractivity contribution in [2.24, 2.45) is 0 Å². The molecular weight excluding hydrogens is 334 g/mol. The Balaban J connectivity index is 1.43. The van der Waals surface area contributed by atoms with Gasteiger partial charge in [0.2, 0.25) is 12.7 Å². The van der Waals surface area contributed by atoms with Gasteiger partial charge in [0.1, 0.15) is 11.8 Å². The van der Waals surface area contributed by atoms with Gasteiger partial charge in [0.05, 0.1) is 10.9 Å². The van der Waals surface area contributed by atoms with E-state index in [0.717, 1.165) is 5.56 Å². The van der Waals surface area contributed by atoms with Gasteiger partial charge in [-0.2, -0.15) is 0 Å². The van der Waals surface area contributed by atoms with Crippen molar-refractivity contribution in [1.29, 1.82) is 0 Å². The number of nitrogens with one attached hydrogen (secondary N) is 1. The zero-order chi connectivity index (χ0) is 17.9. The fourth-order valence-corrected chi connectivity index (χ4v) is 2.67. The molecule has 1 aliphatic heterocycles. The van der Waals surface area contributed by atoms with Gasteiger partial charge in [-0.25, -0.2) is 0 Å². The van der Waals surface area contributed by atoms with Crippen LogP contribution in [0.4, 0.5) is 0 Å². The third-order valence-electron chi connectivity index (χ3n) is 4.02. The maximum Gasteiger partial charge on any atom is 0.244 e. The average molecular weight is 349 g/mol. The van der Waals surface area contributed by atoms with Crippen molar-refractivity contribution in [3.05, 3.63) is 76.2 Å². The number of hydrogen-bond donors (Lipinski definition) is 1. The van der Waals surface area contributed by atoms with Crippen LogP contribution in [0.1, 0.15) is 11.1 Å². The summed E-state index contributed by atoms with van der Waals surface area (Å²) >= 11 is 0. The summed E-state index contributed by atoms with van der Waals surface area (Å²) in [5, 5.41) is 3.24. The summed E-state index contributed by atoms with van der Waals surface area (Å²) in [6, 6.07) is 12.5. The molecule has 130 valence electrons. The van der Waals surface area contributed by atoms with Crippen LogP contribution < -0.4 is 20.2 Å². The summed E-state index contributed by atoms with van der Waals surface area (Å²) in [6.45, 7) is 0.550. The number of carbonyl (C=O) groups is 1. The molecule has 0 saturated carbocycles. The Morgan fingerprint density at radius 2 is 1.96 bits per heavy atom. The monoisotopic (exact) mass is 349 g/mol. The Morgan fingerprint density at radius 1 is 1.12 bits per heavy atom. The summed E-state index contributed by atoms with van der Waals surface area (Å²) in [4.78, 5) is 24.4. The van der Waals surface area contributed by atoms with Crippen LogP contribution in [-0.2, 0) is 11.3 Å². The van der Waals surface area contributed by atoms with Crippen molar-refractivity contribution in [3.63, 3.8) is 0 Å². The highest BCUT2D eigenvalue weighted by Crippen LogP contribution is 2.32. The van der Waals surface area contributed by atoms with Crippen molar-refractivity contribution in [3.8, 4) is 11.5 Å². The fraction of sp³-hybridized carbons (Fsp3) is 0.100. The standard InChI is InChI=1S/C20H15NO5/c22-19(21-10-13-5-7-17-18(9-13)26-12-25-17)8-6-14-11-24-16-4-2-1-3-15(16)20(14)23/h1-9,11H,10,12H2,(H,21,22)/b8-6+. The highest BCUT2D eigenvalue weighted by atomic mass is 16.7. The first kappa shape index (κ1) is 16.0. The van der Waals surface area contributed by atoms with Gasteiger partial charge < -0.3 is 19.2 Å². The van der Waals surface area contributed by atoms with E-state index in [-0.39, 0.29) is 18.1 Å². The summed E-state index contributed by atoms with van der Waals surface area (Å²) < 4.78 is 16.0. The largest absolute Gasteiger partial charge is 0.463 e. The van der Waals surface area contributed by atoms with Crippen LogP contribution in [0.3, 0.4) is 0 Å². The zero-order valence-corrected chi connectivity index (χ0v) is 13.7. The Bertz CT molecular complexity index is 1070. The Hall–Kier alpha value is -3.54. The van der Waals surface area contributed by atoms with Crippen LogP contribution in [0.25, 0.3) is 17.0 Å². The lowest BCUT2D eigenvalue weighted by molar-refractivity contribution is -0.116. The molecule has 0 aliphatic carbocycles. The molecule has 1 aromatic heterocycles. The van der Waals surface area contributed by atoms with E-state index in [1.807, 2.05) is 12.1 Å². The second kappa shape index (κ2) is 6.76. The number of carbonyl (C=O) groups excluding carboxylic acids is 1.